The lowest BCUT2D eigenvalue weighted by Gasteiger charge is -2.12. The van der Waals surface area contributed by atoms with Crippen LogP contribution in [0.4, 0.5) is 0 Å². The third-order valence-corrected chi connectivity index (χ3v) is 2.66. The Hall–Kier alpha value is -0.520. The molecule has 0 N–H and O–H groups in total. The number of hydrogen-bond donors (Lipinski definition) is 0. The molecule has 2 unspecified atom stereocenters. The van der Waals surface area contributed by atoms with Gasteiger partial charge in [0.2, 0.25) is 0 Å². The summed E-state index contributed by atoms with van der Waals surface area (Å²) in [6.07, 6.45) is 12.6. The van der Waals surface area contributed by atoms with Gasteiger partial charge in [-0.2, -0.15) is 0 Å². The third-order valence-electron chi connectivity index (χ3n) is 2.66. The molecule has 0 heterocycles. The zero-order chi connectivity index (χ0) is 10.1. The van der Waals surface area contributed by atoms with Gasteiger partial charge in [-0.05, 0) is 18.3 Å². The Morgan fingerprint density at radius 1 is 1.08 bits per heavy atom. The highest BCUT2D eigenvalue weighted by Crippen LogP contribution is 2.15. The summed E-state index contributed by atoms with van der Waals surface area (Å²) in [7, 11) is 0. The van der Waals surface area contributed by atoms with Crippen molar-refractivity contribution in [2.75, 3.05) is 0 Å². The number of unbranched alkanes of at least 4 members (excludes halogenated alkanes) is 1. The summed E-state index contributed by atoms with van der Waals surface area (Å²) >= 11 is 0. The fraction of sp³-hybridized carbons (Fsp3) is 0.692. The first-order valence-electron chi connectivity index (χ1n) is 5.55. The van der Waals surface area contributed by atoms with E-state index in [0.717, 1.165) is 5.92 Å². The van der Waals surface area contributed by atoms with Crippen molar-refractivity contribution in [1.29, 1.82) is 0 Å². The molecule has 0 aromatic rings. The summed E-state index contributed by atoms with van der Waals surface area (Å²) in [6.45, 7) is 9.06. The van der Waals surface area contributed by atoms with Crippen molar-refractivity contribution < 1.29 is 0 Å². The fourth-order valence-electron chi connectivity index (χ4n) is 1.14. The molecule has 0 aromatic heterocycles. The van der Waals surface area contributed by atoms with Crippen LogP contribution >= 0.6 is 0 Å². The highest BCUT2D eigenvalue weighted by Gasteiger charge is 2.04. The molecular formula is C13H24. The Balaban J connectivity index is 3.70. The van der Waals surface area contributed by atoms with Crippen LogP contribution in [0.3, 0.4) is 0 Å². The van der Waals surface area contributed by atoms with Gasteiger partial charge in [0.15, 0.2) is 0 Å². The van der Waals surface area contributed by atoms with E-state index in [4.69, 9.17) is 0 Å². The maximum absolute atomic E-state index is 2.31. The normalized spacial score (nSPS) is 16.9. The molecule has 2 atom stereocenters. The molecule has 0 nitrogen and oxygen atoms in total. The number of rotatable bonds is 6. The van der Waals surface area contributed by atoms with Crippen LogP contribution in [0.2, 0.25) is 0 Å². The summed E-state index contributed by atoms with van der Waals surface area (Å²) in [4.78, 5) is 0. The zero-order valence-electron chi connectivity index (χ0n) is 9.59. The molecule has 0 saturated heterocycles. The van der Waals surface area contributed by atoms with E-state index in [0.29, 0.717) is 5.92 Å². The Morgan fingerprint density at radius 2 is 1.77 bits per heavy atom. The van der Waals surface area contributed by atoms with Crippen molar-refractivity contribution in [3.63, 3.8) is 0 Å². The van der Waals surface area contributed by atoms with Crippen LogP contribution in [0.1, 0.15) is 47.0 Å². The SMILES string of the molecule is CCCC=CC=CC(C)C(C)CC. The van der Waals surface area contributed by atoms with Gasteiger partial charge in [0.25, 0.3) is 0 Å². The average Bonchev–Trinajstić information content (AvgIpc) is 2.16. The summed E-state index contributed by atoms with van der Waals surface area (Å²) in [5, 5.41) is 0. The molecule has 0 heteroatoms. The molecule has 13 heavy (non-hydrogen) atoms. The van der Waals surface area contributed by atoms with Gasteiger partial charge >= 0.3 is 0 Å². The van der Waals surface area contributed by atoms with Gasteiger partial charge in [0.1, 0.15) is 0 Å². The Kier molecular flexibility index (Phi) is 7.77. The second-order valence-corrected chi connectivity index (χ2v) is 3.85. The van der Waals surface area contributed by atoms with Crippen LogP contribution in [0.5, 0.6) is 0 Å². The van der Waals surface area contributed by atoms with Crippen LogP contribution in [0.25, 0.3) is 0 Å². The summed E-state index contributed by atoms with van der Waals surface area (Å²) in [6, 6.07) is 0. The van der Waals surface area contributed by atoms with Crippen molar-refractivity contribution in [3.8, 4) is 0 Å². The van der Waals surface area contributed by atoms with Gasteiger partial charge in [0, 0.05) is 0 Å². The van der Waals surface area contributed by atoms with Crippen LogP contribution in [0.15, 0.2) is 24.3 Å². The van der Waals surface area contributed by atoms with E-state index in [9.17, 15) is 0 Å². The number of hydrogen-bond acceptors (Lipinski definition) is 0. The van der Waals surface area contributed by atoms with Crippen LogP contribution < -0.4 is 0 Å². The van der Waals surface area contributed by atoms with E-state index in [1.807, 2.05) is 0 Å². The van der Waals surface area contributed by atoms with Crippen molar-refractivity contribution in [2.24, 2.45) is 11.8 Å². The summed E-state index contributed by atoms with van der Waals surface area (Å²) < 4.78 is 0. The lowest BCUT2D eigenvalue weighted by molar-refractivity contribution is 0.446. The minimum Gasteiger partial charge on any atom is -0.0846 e. The van der Waals surface area contributed by atoms with E-state index in [-0.39, 0.29) is 0 Å². The van der Waals surface area contributed by atoms with Gasteiger partial charge < -0.3 is 0 Å². The van der Waals surface area contributed by atoms with Crippen LogP contribution in [0, 0.1) is 11.8 Å². The van der Waals surface area contributed by atoms with Crippen molar-refractivity contribution in [3.05, 3.63) is 24.3 Å². The first-order chi connectivity index (χ1) is 6.22. The predicted molar refractivity (Wildman–Crippen MR) is 61.8 cm³/mol. The van der Waals surface area contributed by atoms with Crippen molar-refractivity contribution in [1.82, 2.24) is 0 Å². The second kappa shape index (κ2) is 8.10. The number of allylic oxidation sites excluding steroid dienone is 4. The lowest BCUT2D eigenvalue weighted by Crippen LogP contribution is -2.02. The van der Waals surface area contributed by atoms with Gasteiger partial charge in [-0.3, -0.25) is 0 Å². The molecule has 0 saturated carbocycles. The van der Waals surface area contributed by atoms with E-state index < -0.39 is 0 Å². The second-order valence-electron chi connectivity index (χ2n) is 3.85. The maximum Gasteiger partial charge on any atom is -0.0233 e. The lowest BCUT2D eigenvalue weighted by atomic mass is 9.93. The minimum atomic E-state index is 0.705. The molecule has 0 fully saturated rings. The molecule has 0 rings (SSSR count). The topological polar surface area (TPSA) is 0 Å². The molecule has 0 spiro atoms. The highest BCUT2D eigenvalue weighted by molar-refractivity contribution is 5.04. The van der Waals surface area contributed by atoms with Gasteiger partial charge in [0.05, 0.1) is 0 Å². The monoisotopic (exact) mass is 180 g/mol. The highest BCUT2D eigenvalue weighted by atomic mass is 14.1. The van der Waals surface area contributed by atoms with Crippen molar-refractivity contribution >= 4 is 0 Å². The summed E-state index contributed by atoms with van der Waals surface area (Å²) in [5.41, 5.74) is 0. The Labute approximate surface area is 83.7 Å². The third kappa shape index (κ3) is 6.62. The van der Waals surface area contributed by atoms with Crippen molar-refractivity contribution in [2.45, 2.75) is 47.0 Å². The van der Waals surface area contributed by atoms with Gasteiger partial charge in [-0.15, -0.1) is 0 Å². The Bertz CT molecular complexity index is 153. The minimum absolute atomic E-state index is 0.705. The van der Waals surface area contributed by atoms with E-state index in [2.05, 4.69) is 52.0 Å². The first-order valence-corrected chi connectivity index (χ1v) is 5.55. The quantitative estimate of drug-likeness (QED) is 0.525. The average molecular weight is 180 g/mol. The molecule has 0 aliphatic carbocycles. The standard InChI is InChI=1S/C13H24/c1-5-7-8-9-10-11-13(4)12(3)6-2/h8-13H,5-7H2,1-4H3. The molecule has 0 amide bonds. The Morgan fingerprint density at radius 3 is 2.31 bits per heavy atom. The molecule has 0 aliphatic heterocycles. The van der Waals surface area contributed by atoms with E-state index in [1.54, 1.807) is 0 Å². The summed E-state index contributed by atoms with van der Waals surface area (Å²) in [5.74, 6) is 1.51. The maximum atomic E-state index is 2.31. The molecule has 76 valence electrons. The predicted octanol–water partition coefficient (Wildman–Crippen LogP) is 4.58. The largest absolute Gasteiger partial charge is 0.0846 e. The fourth-order valence-corrected chi connectivity index (χ4v) is 1.14. The molecule has 0 radical (unpaired) electrons. The molecular weight excluding hydrogens is 156 g/mol. The first kappa shape index (κ1) is 12.5. The van der Waals surface area contributed by atoms with Gasteiger partial charge in [-0.1, -0.05) is 64.8 Å². The molecule has 0 bridgehead atoms. The van der Waals surface area contributed by atoms with E-state index in [1.165, 1.54) is 19.3 Å². The van der Waals surface area contributed by atoms with Crippen LogP contribution in [-0.2, 0) is 0 Å². The van der Waals surface area contributed by atoms with E-state index >= 15 is 0 Å². The van der Waals surface area contributed by atoms with Crippen LogP contribution in [-0.4, -0.2) is 0 Å². The zero-order valence-corrected chi connectivity index (χ0v) is 9.59. The van der Waals surface area contributed by atoms with Gasteiger partial charge in [-0.25, -0.2) is 0 Å². The molecule has 0 aliphatic rings. The smallest absolute Gasteiger partial charge is 0.0233 e. The molecule has 0 aromatic carbocycles.